The van der Waals surface area contributed by atoms with Crippen molar-refractivity contribution in [1.82, 2.24) is 15.1 Å². The molecule has 0 atom stereocenters. The molecular formula is C15H12N4O2S2. The van der Waals surface area contributed by atoms with E-state index < -0.39 is 5.56 Å². The lowest BCUT2D eigenvalue weighted by atomic mass is 10.2. The molecule has 0 aliphatic heterocycles. The summed E-state index contributed by atoms with van der Waals surface area (Å²) in [5.41, 5.74) is 0.957. The predicted molar refractivity (Wildman–Crippen MR) is 87.5 cm³/mol. The van der Waals surface area contributed by atoms with Gasteiger partial charge in [-0.15, -0.1) is 11.3 Å². The van der Waals surface area contributed by atoms with E-state index in [1.54, 1.807) is 11.3 Å². The van der Waals surface area contributed by atoms with Gasteiger partial charge < -0.3 is 9.51 Å². The molecule has 0 spiro atoms. The summed E-state index contributed by atoms with van der Waals surface area (Å²) in [6, 6.07) is 7.66. The minimum atomic E-state index is -0.412. The molecule has 8 heteroatoms. The number of aromatic amines is 1. The van der Waals surface area contributed by atoms with Gasteiger partial charge in [0.05, 0.1) is 17.1 Å². The monoisotopic (exact) mass is 344 g/mol. The van der Waals surface area contributed by atoms with Gasteiger partial charge in [-0.25, -0.2) is 4.98 Å². The smallest absolute Gasteiger partial charge is 0.269 e. The van der Waals surface area contributed by atoms with Crippen molar-refractivity contribution >= 4 is 23.1 Å². The van der Waals surface area contributed by atoms with E-state index in [1.807, 2.05) is 36.6 Å². The normalized spacial score (nSPS) is 10.6. The zero-order valence-corrected chi connectivity index (χ0v) is 13.8. The molecule has 116 valence electrons. The van der Waals surface area contributed by atoms with Crippen LogP contribution in [0.4, 0.5) is 0 Å². The van der Waals surface area contributed by atoms with Crippen LogP contribution in [0.2, 0.25) is 0 Å². The molecule has 0 aliphatic rings. The van der Waals surface area contributed by atoms with Crippen molar-refractivity contribution < 1.29 is 4.52 Å². The molecule has 0 amide bonds. The number of aromatic nitrogens is 3. The molecule has 3 aromatic rings. The van der Waals surface area contributed by atoms with Gasteiger partial charge in [0, 0.05) is 17.4 Å². The van der Waals surface area contributed by atoms with Crippen LogP contribution in [0.25, 0.3) is 0 Å². The van der Waals surface area contributed by atoms with Gasteiger partial charge in [0.25, 0.3) is 5.56 Å². The Morgan fingerprint density at radius 3 is 3.04 bits per heavy atom. The van der Waals surface area contributed by atoms with Crippen molar-refractivity contribution in [3.63, 3.8) is 0 Å². The van der Waals surface area contributed by atoms with E-state index in [2.05, 4.69) is 15.1 Å². The first-order chi connectivity index (χ1) is 11.2. The quantitative estimate of drug-likeness (QED) is 0.565. The fourth-order valence-corrected chi connectivity index (χ4v) is 3.47. The van der Waals surface area contributed by atoms with E-state index in [0.29, 0.717) is 28.8 Å². The van der Waals surface area contributed by atoms with Crippen LogP contribution >= 0.6 is 23.1 Å². The van der Waals surface area contributed by atoms with Crippen LogP contribution in [-0.2, 0) is 12.2 Å². The summed E-state index contributed by atoms with van der Waals surface area (Å²) in [7, 11) is 0. The summed E-state index contributed by atoms with van der Waals surface area (Å²) in [6.07, 6.45) is 0.472. The minimum absolute atomic E-state index is 0.0678. The molecule has 6 nitrogen and oxygen atoms in total. The number of aryl methyl sites for hydroxylation is 1. The zero-order valence-electron chi connectivity index (χ0n) is 12.2. The third-order valence-corrected chi connectivity index (χ3v) is 4.81. The average molecular weight is 344 g/mol. The Morgan fingerprint density at radius 1 is 1.52 bits per heavy atom. The average Bonchev–Trinajstić information content (AvgIpc) is 3.17. The first-order valence-electron chi connectivity index (χ1n) is 6.76. The number of nitriles is 1. The maximum atomic E-state index is 12.1. The molecule has 0 bridgehead atoms. The number of nitrogens with one attached hydrogen (secondary N) is 1. The van der Waals surface area contributed by atoms with Gasteiger partial charge in [-0.1, -0.05) is 23.0 Å². The molecule has 0 radical (unpaired) electrons. The zero-order chi connectivity index (χ0) is 16.2. The van der Waals surface area contributed by atoms with Gasteiger partial charge in [0.1, 0.15) is 17.4 Å². The van der Waals surface area contributed by atoms with Gasteiger partial charge >= 0.3 is 0 Å². The Bertz CT molecular complexity index is 906. The summed E-state index contributed by atoms with van der Waals surface area (Å²) in [5, 5.41) is 15.4. The Morgan fingerprint density at radius 2 is 2.39 bits per heavy atom. The topological polar surface area (TPSA) is 95.6 Å². The standard InChI is InChI=1S/C15H12N4O2S2/c1-9-5-10(21-19-9)8-23-15-17-13(6-11-3-2-4-22-11)12(7-16)14(20)18-15/h2-5H,6,8H2,1H3,(H,17,18,20). The van der Waals surface area contributed by atoms with Crippen molar-refractivity contribution in [2.45, 2.75) is 24.3 Å². The van der Waals surface area contributed by atoms with E-state index in [0.717, 1.165) is 10.6 Å². The summed E-state index contributed by atoms with van der Waals surface area (Å²) < 4.78 is 5.14. The maximum Gasteiger partial charge on any atom is 0.269 e. The van der Waals surface area contributed by atoms with Crippen molar-refractivity contribution in [3.8, 4) is 6.07 Å². The van der Waals surface area contributed by atoms with Crippen LogP contribution in [0.15, 0.2) is 38.1 Å². The van der Waals surface area contributed by atoms with Crippen molar-refractivity contribution in [2.75, 3.05) is 0 Å². The summed E-state index contributed by atoms with van der Waals surface area (Å²) in [4.78, 5) is 20.2. The second kappa shape index (κ2) is 6.81. The molecule has 0 saturated heterocycles. The Labute approximate surface area is 140 Å². The first-order valence-corrected chi connectivity index (χ1v) is 8.63. The highest BCUT2D eigenvalue weighted by Gasteiger charge is 2.13. The number of thiophene rings is 1. The molecule has 3 rings (SSSR count). The molecule has 0 saturated carbocycles. The number of hydrogen-bond donors (Lipinski definition) is 1. The van der Waals surface area contributed by atoms with E-state index in [-0.39, 0.29) is 5.56 Å². The largest absolute Gasteiger partial charge is 0.360 e. The molecular weight excluding hydrogens is 332 g/mol. The predicted octanol–water partition coefficient (Wildman–Crippen LogP) is 2.88. The van der Waals surface area contributed by atoms with Crippen LogP contribution in [-0.4, -0.2) is 15.1 Å². The molecule has 3 aromatic heterocycles. The third-order valence-electron chi connectivity index (χ3n) is 3.03. The van der Waals surface area contributed by atoms with Gasteiger partial charge in [-0.3, -0.25) is 4.79 Å². The van der Waals surface area contributed by atoms with Crippen LogP contribution in [0.1, 0.15) is 27.6 Å². The van der Waals surface area contributed by atoms with Gasteiger partial charge in [0.15, 0.2) is 5.16 Å². The lowest BCUT2D eigenvalue weighted by Crippen LogP contribution is -2.16. The highest BCUT2D eigenvalue weighted by Crippen LogP contribution is 2.21. The first kappa shape index (κ1) is 15.5. The number of rotatable bonds is 5. The molecule has 0 unspecified atom stereocenters. The minimum Gasteiger partial charge on any atom is -0.360 e. The molecule has 0 aromatic carbocycles. The summed E-state index contributed by atoms with van der Waals surface area (Å²) in [6.45, 7) is 1.85. The molecule has 0 aliphatic carbocycles. The number of nitrogens with zero attached hydrogens (tertiary/aromatic N) is 3. The fraction of sp³-hybridized carbons (Fsp3) is 0.200. The molecule has 0 fully saturated rings. The summed E-state index contributed by atoms with van der Waals surface area (Å²) in [5.74, 6) is 1.22. The second-order valence-corrected chi connectivity index (χ2v) is 6.78. The van der Waals surface area contributed by atoms with E-state index in [9.17, 15) is 10.1 Å². The van der Waals surface area contributed by atoms with Crippen LogP contribution in [0.5, 0.6) is 0 Å². The Hall–Kier alpha value is -2.37. The lowest BCUT2D eigenvalue weighted by Gasteiger charge is -2.04. The lowest BCUT2D eigenvalue weighted by molar-refractivity contribution is 0.391. The number of thioether (sulfide) groups is 1. The van der Waals surface area contributed by atoms with E-state index >= 15 is 0 Å². The van der Waals surface area contributed by atoms with Crippen LogP contribution in [0.3, 0.4) is 0 Å². The molecule has 1 N–H and O–H groups in total. The Kier molecular flexibility index (Phi) is 4.60. The summed E-state index contributed by atoms with van der Waals surface area (Å²) >= 11 is 2.91. The number of H-pyrrole nitrogens is 1. The molecule has 3 heterocycles. The van der Waals surface area contributed by atoms with Crippen molar-refractivity contribution in [3.05, 3.63) is 61.5 Å². The Balaban J connectivity index is 1.85. The SMILES string of the molecule is Cc1cc(CSc2nc(Cc3cccs3)c(C#N)c(=O)[nH]2)on1. The number of hydrogen-bond acceptors (Lipinski definition) is 7. The van der Waals surface area contributed by atoms with Crippen molar-refractivity contribution in [2.24, 2.45) is 0 Å². The third kappa shape index (κ3) is 3.70. The molecule has 23 heavy (non-hydrogen) atoms. The van der Waals surface area contributed by atoms with Crippen molar-refractivity contribution in [1.29, 1.82) is 5.26 Å². The van der Waals surface area contributed by atoms with E-state index in [4.69, 9.17) is 4.52 Å². The van der Waals surface area contributed by atoms with E-state index in [1.165, 1.54) is 11.8 Å². The maximum absolute atomic E-state index is 12.1. The fourth-order valence-electron chi connectivity index (χ4n) is 2.01. The second-order valence-electron chi connectivity index (χ2n) is 4.78. The van der Waals surface area contributed by atoms with Crippen LogP contribution in [0, 0.1) is 18.3 Å². The van der Waals surface area contributed by atoms with Crippen LogP contribution < -0.4 is 5.56 Å². The highest BCUT2D eigenvalue weighted by molar-refractivity contribution is 7.98. The van der Waals surface area contributed by atoms with Gasteiger partial charge in [0.2, 0.25) is 0 Å². The highest BCUT2D eigenvalue weighted by atomic mass is 32.2. The van der Waals surface area contributed by atoms with Gasteiger partial charge in [-0.05, 0) is 18.4 Å². The van der Waals surface area contributed by atoms with Gasteiger partial charge in [-0.2, -0.15) is 5.26 Å².